The van der Waals surface area contributed by atoms with Crippen molar-refractivity contribution in [1.29, 1.82) is 5.26 Å². The van der Waals surface area contributed by atoms with Gasteiger partial charge < -0.3 is 27.0 Å². The zero-order chi connectivity index (χ0) is 15.7. The molecule has 0 unspecified atom stereocenters. The first kappa shape index (κ1) is 14.1. The van der Waals surface area contributed by atoms with Crippen LogP contribution in [0.25, 0.3) is 10.9 Å². The van der Waals surface area contributed by atoms with Gasteiger partial charge in [-0.1, -0.05) is 0 Å². The van der Waals surface area contributed by atoms with E-state index in [-0.39, 0.29) is 40.4 Å². The van der Waals surface area contributed by atoms with Crippen molar-refractivity contribution >= 4 is 34.2 Å². The number of esters is 1. The van der Waals surface area contributed by atoms with Crippen molar-refractivity contribution in [2.24, 2.45) is 0 Å². The maximum Gasteiger partial charge on any atom is 0.341 e. The molecule has 0 spiro atoms. The number of carbonyl (C=O) groups is 1. The Labute approximate surface area is 118 Å². The van der Waals surface area contributed by atoms with Gasteiger partial charge in [-0.15, -0.1) is 0 Å². The molecule has 0 saturated heterocycles. The molecule has 2 aromatic heterocycles. The number of hydrogen-bond acceptors (Lipinski definition) is 9. The monoisotopic (exact) mass is 287 g/mol. The highest BCUT2D eigenvalue weighted by atomic mass is 16.5. The maximum atomic E-state index is 11.9. The normalized spacial score (nSPS) is 10.3. The lowest BCUT2D eigenvalue weighted by atomic mass is 10.1. The van der Waals surface area contributed by atoms with Crippen molar-refractivity contribution in [1.82, 2.24) is 9.97 Å². The van der Waals surface area contributed by atoms with Crippen molar-refractivity contribution < 1.29 is 14.6 Å². The summed E-state index contributed by atoms with van der Waals surface area (Å²) in [6.07, 6.45) is 0. The van der Waals surface area contributed by atoms with Crippen molar-refractivity contribution in [2.45, 2.75) is 6.92 Å². The molecule has 9 nitrogen and oxygen atoms in total. The molecule has 0 radical (unpaired) electrons. The van der Waals surface area contributed by atoms with E-state index < -0.39 is 17.4 Å². The number of rotatable bonds is 2. The Balaban J connectivity index is 2.95. The number of nitrogen functional groups attached to an aromatic ring is 3. The minimum absolute atomic E-state index is 0.0309. The van der Waals surface area contributed by atoms with Gasteiger partial charge in [0.05, 0.1) is 28.8 Å². The highest BCUT2D eigenvalue weighted by molar-refractivity contribution is 6.12. The Morgan fingerprint density at radius 1 is 1.33 bits per heavy atom. The van der Waals surface area contributed by atoms with Crippen LogP contribution >= 0.6 is 0 Å². The molecule has 0 saturated carbocycles. The molecule has 108 valence electrons. The lowest BCUT2D eigenvalue weighted by Gasteiger charge is -2.17. The second-order valence-electron chi connectivity index (χ2n) is 4.02. The number of pyridine rings is 2. The lowest BCUT2D eigenvalue weighted by Crippen LogP contribution is -2.15. The number of fused-ring (bicyclic) bond motifs is 1. The van der Waals surface area contributed by atoms with Crippen LogP contribution in [-0.2, 0) is 4.74 Å². The average molecular weight is 287 g/mol. The molecule has 21 heavy (non-hydrogen) atoms. The Morgan fingerprint density at radius 3 is 2.57 bits per heavy atom. The number of nitrogens with zero attached hydrogens (tertiary/aromatic N) is 3. The second kappa shape index (κ2) is 5.01. The predicted octanol–water partition coefficient (Wildman–Crippen LogP) is -0.502. The highest BCUT2D eigenvalue weighted by Gasteiger charge is 2.21. The van der Waals surface area contributed by atoms with Crippen LogP contribution < -0.4 is 22.3 Å². The summed E-state index contributed by atoms with van der Waals surface area (Å²) in [7, 11) is 0. The summed E-state index contributed by atoms with van der Waals surface area (Å²) in [6.45, 7) is 1.64. The van der Waals surface area contributed by atoms with Crippen LogP contribution in [0.5, 0.6) is 5.88 Å². The molecule has 0 aromatic carbocycles. The predicted molar refractivity (Wildman–Crippen MR) is 72.9 cm³/mol. The van der Waals surface area contributed by atoms with Crippen molar-refractivity contribution in [3.8, 4) is 11.9 Å². The average Bonchev–Trinajstić information content (AvgIpc) is 2.38. The third-order valence-electron chi connectivity index (χ3n) is 2.78. The summed E-state index contributed by atoms with van der Waals surface area (Å²) in [4.78, 5) is 19.3. The van der Waals surface area contributed by atoms with Gasteiger partial charge in [0.1, 0.15) is 23.3 Å². The van der Waals surface area contributed by atoms with E-state index >= 15 is 0 Å². The first-order chi connectivity index (χ1) is 9.92. The van der Waals surface area contributed by atoms with Gasteiger partial charge in [-0.05, 0) is 6.92 Å². The molecule has 0 bridgehead atoms. The Hall–Kier alpha value is -3.28. The molecular formula is C12H11N6O3-. The van der Waals surface area contributed by atoms with Crippen LogP contribution in [0, 0.1) is 11.3 Å². The SMILES string of the molecule is CCOC(=O)c1c([O-])nc(N)c2c(N)c(C#N)c(N)nc12. The third-order valence-corrected chi connectivity index (χ3v) is 2.78. The molecule has 0 fully saturated rings. The van der Waals surface area contributed by atoms with Gasteiger partial charge in [0.25, 0.3) is 0 Å². The van der Waals surface area contributed by atoms with Crippen LogP contribution in [0.2, 0.25) is 0 Å². The number of hydrogen-bond donors (Lipinski definition) is 3. The van der Waals surface area contributed by atoms with Crippen LogP contribution in [0.15, 0.2) is 0 Å². The van der Waals surface area contributed by atoms with E-state index in [4.69, 9.17) is 27.2 Å². The first-order valence-corrected chi connectivity index (χ1v) is 5.84. The fraction of sp³-hybridized carbons (Fsp3) is 0.167. The van der Waals surface area contributed by atoms with E-state index in [0.717, 1.165) is 0 Å². The molecule has 2 heterocycles. The van der Waals surface area contributed by atoms with Gasteiger partial charge in [0.2, 0.25) is 0 Å². The Kier molecular flexibility index (Phi) is 3.37. The van der Waals surface area contributed by atoms with E-state index in [1.807, 2.05) is 0 Å². The molecule has 9 heteroatoms. The molecule has 0 aliphatic rings. The fourth-order valence-corrected chi connectivity index (χ4v) is 1.89. The van der Waals surface area contributed by atoms with Crippen LogP contribution in [0.1, 0.15) is 22.8 Å². The van der Waals surface area contributed by atoms with Gasteiger partial charge in [-0.25, -0.2) is 14.8 Å². The minimum Gasteiger partial charge on any atom is -0.858 e. The van der Waals surface area contributed by atoms with Gasteiger partial charge in [0, 0.05) is 5.88 Å². The van der Waals surface area contributed by atoms with Crippen molar-refractivity contribution in [3.05, 3.63) is 11.1 Å². The van der Waals surface area contributed by atoms with Crippen molar-refractivity contribution in [3.63, 3.8) is 0 Å². The highest BCUT2D eigenvalue weighted by Crippen LogP contribution is 2.34. The second-order valence-corrected chi connectivity index (χ2v) is 4.02. The molecule has 2 rings (SSSR count). The summed E-state index contributed by atoms with van der Waals surface area (Å²) in [5, 5.41) is 20.9. The zero-order valence-corrected chi connectivity index (χ0v) is 11.0. The smallest absolute Gasteiger partial charge is 0.341 e. The van der Waals surface area contributed by atoms with Crippen LogP contribution in [-0.4, -0.2) is 22.5 Å². The van der Waals surface area contributed by atoms with E-state index in [2.05, 4.69) is 9.97 Å². The van der Waals surface area contributed by atoms with E-state index in [0.29, 0.717) is 0 Å². The molecule has 0 atom stereocenters. The molecular weight excluding hydrogens is 276 g/mol. The number of nitriles is 1. The van der Waals surface area contributed by atoms with Crippen LogP contribution in [0.4, 0.5) is 17.3 Å². The Bertz CT molecular complexity index is 796. The van der Waals surface area contributed by atoms with E-state index in [9.17, 15) is 9.90 Å². The molecule has 0 amide bonds. The summed E-state index contributed by atoms with van der Waals surface area (Å²) >= 11 is 0. The molecule has 6 N–H and O–H groups in total. The Morgan fingerprint density at radius 2 is 2.00 bits per heavy atom. The zero-order valence-electron chi connectivity index (χ0n) is 11.0. The number of nitrogens with two attached hydrogens (primary N) is 3. The largest absolute Gasteiger partial charge is 0.858 e. The van der Waals surface area contributed by atoms with Gasteiger partial charge in [-0.3, -0.25) is 0 Å². The van der Waals surface area contributed by atoms with E-state index in [1.165, 1.54) is 0 Å². The summed E-state index contributed by atoms with van der Waals surface area (Å²) < 4.78 is 4.79. The molecule has 0 aliphatic carbocycles. The standard InChI is InChI=1S/C12H12N6O3/c1-2-21-12(20)6-8-5(10(16)18-11(6)19)7(14)4(3-13)9(15)17-8/h2H2,1H3,(H4,14,15,17)(H3,16,18,19)/p-1. The fourth-order valence-electron chi connectivity index (χ4n) is 1.89. The first-order valence-electron chi connectivity index (χ1n) is 5.84. The maximum absolute atomic E-state index is 11.9. The molecule has 0 aliphatic heterocycles. The summed E-state index contributed by atoms with van der Waals surface area (Å²) in [5.74, 6) is -2.24. The van der Waals surface area contributed by atoms with Gasteiger partial charge >= 0.3 is 5.97 Å². The third kappa shape index (κ3) is 2.08. The minimum atomic E-state index is -0.906. The lowest BCUT2D eigenvalue weighted by molar-refractivity contribution is -0.275. The quantitative estimate of drug-likeness (QED) is 0.614. The summed E-state index contributed by atoms with van der Waals surface area (Å²) in [5.41, 5.74) is 16.3. The number of aromatic nitrogens is 2. The van der Waals surface area contributed by atoms with Crippen molar-refractivity contribution in [2.75, 3.05) is 23.8 Å². The number of anilines is 3. The molecule has 2 aromatic rings. The van der Waals surface area contributed by atoms with Gasteiger partial charge in [0.15, 0.2) is 0 Å². The topological polar surface area (TPSA) is 177 Å². The summed E-state index contributed by atoms with van der Waals surface area (Å²) in [6, 6.07) is 1.78. The van der Waals surface area contributed by atoms with Gasteiger partial charge in [-0.2, -0.15) is 5.26 Å². The van der Waals surface area contributed by atoms with Crippen LogP contribution in [0.3, 0.4) is 0 Å². The number of ether oxygens (including phenoxy) is 1. The number of carbonyl (C=O) groups excluding carboxylic acids is 1. The van der Waals surface area contributed by atoms with E-state index in [1.54, 1.807) is 13.0 Å².